The Morgan fingerprint density at radius 1 is 0.786 bits per heavy atom. The van der Waals surface area contributed by atoms with Crippen LogP contribution >= 0.6 is 0 Å². The number of allylic oxidation sites excluding steroid dienone is 6. The molecule has 2 amide bonds. The molecule has 4 aromatic rings. The van der Waals surface area contributed by atoms with Gasteiger partial charge in [-0.15, -0.1) is 9.37 Å². The Labute approximate surface area is 410 Å². The Morgan fingerprint density at radius 3 is 2.07 bits per heavy atom. The highest BCUT2D eigenvalue weighted by Crippen LogP contribution is 2.52. The lowest BCUT2D eigenvalue weighted by atomic mass is 9.79. The number of hydrogen-bond acceptors (Lipinski definition) is 13. The SMILES string of the molecule is CN(CCCC(=O)ON1C(=O)CCC1=O)[S+]([O-])c1cccc2c3c(ccc12)N(CCCS(=O)(=O)O)C(=CC=CC=CC1=[N+](CCCS(=O)(=O)O)c2ccc4c(S(=O)(=O)O)cccc4c2C1(C)C)C3(C)C. The molecule has 4 aromatic carbocycles. The number of hydroxylamine groups is 2. The molecule has 0 saturated carbocycles. The molecule has 3 heterocycles. The van der Waals surface area contributed by atoms with Crippen molar-refractivity contribution in [3.05, 3.63) is 108 Å². The molecule has 7 rings (SSSR count). The van der Waals surface area contributed by atoms with Gasteiger partial charge in [0.1, 0.15) is 11.4 Å². The Bertz CT molecular complexity index is 3260. The summed E-state index contributed by atoms with van der Waals surface area (Å²) in [6, 6.07) is 17.2. The Morgan fingerprint density at radius 2 is 1.41 bits per heavy atom. The number of nitrogens with zero attached hydrogens (tertiary/aromatic N) is 4. The summed E-state index contributed by atoms with van der Waals surface area (Å²) in [6.07, 6.45) is 9.48. The van der Waals surface area contributed by atoms with E-state index in [9.17, 15) is 57.8 Å². The average molecular weight is 1040 g/mol. The third-order valence-electron chi connectivity index (χ3n) is 12.8. The maximum Gasteiger partial charge on any atom is 0.333 e. The molecule has 18 nitrogen and oxygen atoms in total. The predicted octanol–water partition coefficient (Wildman–Crippen LogP) is 6.31. The number of benzene rings is 4. The van der Waals surface area contributed by atoms with Crippen LogP contribution in [0.5, 0.6) is 0 Å². The summed E-state index contributed by atoms with van der Waals surface area (Å²) in [5, 5.41) is 2.92. The molecular weight excluding hydrogens is 985 g/mol. The van der Waals surface area contributed by atoms with Gasteiger partial charge in [-0.1, -0.05) is 56.3 Å². The summed E-state index contributed by atoms with van der Waals surface area (Å²) in [7, 11) is -11.4. The first-order valence-corrected chi connectivity index (χ1v) is 28.2. The highest BCUT2D eigenvalue weighted by atomic mass is 32.2. The van der Waals surface area contributed by atoms with Crippen molar-refractivity contribution in [2.75, 3.05) is 43.1 Å². The van der Waals surface area contributed by atoms with Crippen LogP contribution in [0.1, 0.15) is 77.3 Å². The molecule has 0 aromatic heterocycles. The van der Waals surface area contributed by atoms with Crippen LogP contribution < -0.4 is 4.90 Å². The quantitative estimate of drug-likeness (QED) is 0.0306. The summed E-state index contributed by atoms with van der Waals surface area (Å²) in [6.45, 7) is 8.60. The van der Waals surface area contributed by atoms with E-state index in [2.05, 4.69) is 0 Å². The summed E-state index contributed by atoms with van der Waals surface area (Å²) < 4.78 is 119. The number of rotatable bonds is 19. The summed E-state index contributed by atoms with van der Waals surface area (Å²) in [5.41, 5.74) is 3.24. The van der Waals surface area contributed by atoms with E-state index in [4.69, 9.17) is 4.84 Å². The fourth-order valence-corrected chi connectivity index (χ4v) is 12.6. The molecule has 1 fully saturated rings. The number of carbonyl (C=O) groups is 3. The van der Waals surface area contributed by atoms with Crippen LogP contribution in [-0.4, -0.2) is 119 Å². The van der Waals surface area contributed by atoms with E-state index in [-0.39, 0.29) is 63.1 Å². The smallest absolute Gasteiger partial charge is 0.333 e. The first kappa shape index (κ1) is 52.5. The summed E-state index contributed by atoms with van der Waals surface area (Å²) in [4.78, 5) is 43.4. The summed E-state index contributed by atoms with van der Waals surface area (Å²) >= 11 is -1.69. The van der Waals surface area contributed by atoms with Gasteiger partial charge < -0.3 is 14.3 Å². The van der Waals surface area contributed by atoms with Crippen LogP contribution in [0.4, 0.5) is 11.4 Å². The highest BCUT2D eigenvalue weighted by Gasteiger charge is 2.46. The molecule has 1 atom stereocenters. The lowest BCUT2D eigenvalue weighted by Gasteiger charge is -2.27. The van der Waals surface area contributed by atoms with Gasteiger partial charge in [-0.2, -0.15) is 29.8 Å². The van der Waals surface area contributed by atoms with Crippen LogP contribution in [0.25, 0.3) is 21.5 Å². The minimum Gasteiger partial charge on any atom is -0.593 e. The molecule has 1 saturated heterocycles. The lowest BCUT2D eigenvalue weighted by Crippen LogP contribution is -2.32. The van der Waals surface area contributed by atoms with E-state index in [1.54, 1.807) is 53.8 Å². The number of hydrogen-bond donors (Lipinski definition) is 3. The number of anilines is 1. The second-order valence-electron chi connectivity index (χ2n) is 18.4. The topological polar surface area (TPSA) is 259 Å². The van der Waals surface area contributed by atoms with Crippen LogP contribution in [0, 0.1) is 0 Å². The van der Waals surface area contributed by atoms with E-state index >= 15 is 0 Å². The molecule has 374 valence electrons. The third kappa shape index (κ3) is 10.9. The van der Waals surface area contributed by atoms with E-state index in [1.807, 2.05) is 79.7 Å². The van der Waals surface area contributed by atoms with Gasteiger partial charge in [0.05, 0.1) is 28.3 Å². The van der Waals surface area contributed by atoms with Gasteiger partial charge in [0, 0.05) is 91.1 Å². The average Bonchev–Trinajstić information content (AvgIpc) is 3.79. The van der Waals surface area contributed by atoms with E-state index < -0.39 is 81.8 Å². The molecular formula is C48H55N4O14S4+. The maximum absolute atomic E-state index is 14.1. The van der Waals surface area contributed by atoms with Crippen molar-refractivity contribution in [1.82, 2.24) is 9.37 Å². The number of amides is 2. The first-order chi connectivity index (χ1) is 32.7. The van der Waals surface area contributed by atoms with Gasteiger partial charge in [0.25, 0.3) is 42.2 Å². The predicted molar refractivity (Wildman–Crippen MR) is 265 cm³/mol. The van der Waals surface area contributed by atoms with Gasteiger partial charge in [-0.05, 0) is 79.4 Å². The Balaban J connectivity index is 1.18. The van der Waals surface area contributed by atoms with Crippen molar-refractivity contribution in [1.29, 1.82) is 0 Å². The number of carbonyl (C=O) groups excluding carboxylic acids is 3. The summed E-state index contributed by atoms with van der Waals surface area (Å²) in [5.74, 6) is -2.85. The first-order valence-electron chi connectivity index (χ1n) is 22.4. The lowest BCUT2D eigenvalue weighted by molar-refractivity contribution is -0.437. The van der Waals surface area contributed by atoms with Crippen LogP contribution in [0.2, 0.25) is 0 Å². The molecule has 3 aliphatic heterocycles. The van der Waals surface area contributed by atoms with Crippen molar-refractivity contribution >= 4 is 98.1 Å². The van der Waals surface area contributed by atoms with Crippen LogP contribution in [-0.2, 0) is 71.8 Å². The van der Waals surface area contributed by atoms with Crippen molar-refractivity contribution in [3.8, 4) is 0 Å². The molecule has 3 aliphatic rings. The van der Waals surface area contributed by atoms with Crippen LogP contribution in [0.15, 0.2) is 107 Å². The molecule has 22 heteroatoms. The van der Waals surface area contributed by atoms with Gasteiger partial charge in [-0.3, -0.25) is 23.2 Å². The standard InChI is InChI=1S/C48H54N4O14S4/c1-47(2)40(18-7-6-8-19-41-48(3,4)46-35-15-10-17-39(70(63,64)65)33(35)22-24-37(46)51(41)29-13-31-69(60,61)62)50(28-12-30-68(57,58)59)36-23-21-32-34(45(36)47)14-9-16-38(32)67(56)49(5)27-11-20-44(55)66-52-42(53)25-26-43(52)54/h6-10,14-19,21-24H,11-13,20,25-31H2,1-5H3,(H2-,57,58,59,60,61,62,63,64,65)/p+1. The zero-order valence-electron chi connectivity index (χ0n) is 39.2. The zero-order valence-corrected chi connectivity index (χ0v) is 42.5. The molecule has 0 bridgehead atoms. The van der Waals surface area contributed by atoms with Crippen molar-refractivity contribution < 1.29 is 67.3 Å². The van der Waals surface area contributed by atoms with Crippen molar-refractivity contribution in [3.63, 3.8) is 0 Å². The molecule has 3 N–H and O–H groups in total. The minimum absolute atomic E-state index is 0.0188. The van der Waals surface area contributed by atoms with E-state index in [0.717, 1.165) is 33.6 Å². The largest absolute Gasteiger partial charge is 0.593 e. The van der Waals surface area contributed by atoms with Crippen LogP contribution in [0.3, 0.4) is 0 Å². The van der Waals surface area contributed by atoms with E-state index in [1.165, 1.54) is 6.07 Å². The second-order valence-corrected chi connectivity index (χ2v) is 24.5. The third-order valence-corrected chi connectivity index (χ3v) is 16.8. The fourth-order valence-electron chi connectivity index (χ4n) is 9.71. The zero-order chi connectivity index (χ0) is 51.1. The molecule has 1 unspecified atom stereocenters. The minimum atomic E-state index is -4.57. The van der Waals surface area contributed by atoms with Gasteiger partial charge in [0.15, 0.2) is 10.6 Å². The van der Waals surface area contributed by atoms with Gasteiger partial charge in [-0.25, -0.2) is 4.79 Å². The highest BCUT2D eigenvalue weighted by molar-refractivity contribution is 7.89. The molecule has 70 heavy (non-hydrogen) atoms. The van der Waals surface area contributed by atoms with Crippen molar-refractivity contribution in [2.45, 2.75) is 86.8 Å². The van der Waals surface area contributed by atoms with Crippen molar-refractivity contribution in [2.24, 2.45) is 0 Å². The van der Waals surface area contributed by atoms with Gasteiger partial charge >= 0.3 is 5.97 Å². The monoisotopic (exact) mass is 1040 g/mol. The maximum atomic E-state index is 14.1. The Hall–Kier alpha value is -5.30. The molecule has 0 spiro atoms. The Kier molecular flexibility index (Phi) is 15.1. The van der Waals surface area contributed by atoms with Gasteiger partial charge in [0.2, 0.25) is 5.69 Å². The fraction of sp³-hybridized carbons (Fsp3) is 0.375. The van der Waals surface area contributed by atoms with E-state index in [0.29, 0.717) is 31.8 Å². The number of fused-ring (bicyclic) bond motifs is 6. The molecule has 0 radical (unpaired) electrons. The second kappa shape index (κ2) is 20.1. The molecule has 0 aliphatic carbocycles. The normalized spacial score (nSPS) is 18.2. The number of imide groups is 1.